The molecule has 0 aliphatic rings. The van der Waals surface area contributed by atoms with E-state index in [1.54, 1.807) is 17.7 Å². The highest BCUT2D eigenvalue weighted by Gasteiger charge is 2.36. The summed E-state index contributed by atoms with van der Waals surface area (Å²) in [6.07, 6.45) is -3.18. The Morgan fingerprint density at radius 2 is 1.93 bits per heavy atom. The number of hydrogen-bond donors (Lipinski definition) is 1. The van der Waals surface area contributed by atoms with Gasteiger partial charge in [0.2, 0.25) is 0 Å². The molecule has 0 saturated carbocycles. The Kier molecular flexibility index (Phi) is 7.39. The van der Waals surface area contributed by atoms with Gasteiger partial charge in [0.1, 0.15) is 10.8 Å². The maximum Gasteiger partial charge on any atom is 0.391 e. The van der Waals surface area contributed by atoms with Crippen molar-refractivity contribution in [2.75, 3.05) is 11.9 Å². The number of carbonyl (C=O) groups is 1. The van der Waals surface area contributed by atoms with E-state index in [0.29, 0.717) is 30.0 Å². The van der Waals surface area contributed by atoms with Crippen LogP contribution in [-0.4, -0.2) is 39.1 Å². The van der Waals surface area contributed by atoms with Crippen LogP contribution in [0.2, 0.25) is 5.02 Å². The van der Waals surface area contributed by atoms with E-state index in [0.717, 1.165) is 5.56 Å². The van der Waals surface area contributed by atoms with Crippen LogP contribution in [0.4, 0.5) is 19.0 Å². The van der Waals surface area contributed by atoms with Crippen molar-refractivity contribution >= 4 is 23.4 Å². The first-order valence-electron chi connectivity index (χ1n) is 9.70. The summed E-state index contributed by atoms with van der Waals surface area (Å²) in [5.74, 6) is -0.289. The zero-order valence-electron chi connectivity index (χ0n) is 17.7. The largest absolute Gasteiger partial charge is 0.461 e. The first-order valence-corrected chi connectivity index (χ1v) is 10.1. The van der Waals surface area contributed by atoms with Gasteiger partial charge in [-0.1, -0.05) is 18.5 Å². The number of esters is 1. The maximum atomic E-state index is 12.8. The van der Waals surface area contributed by atoms with E-state index >= 15 is 0 Å². The number of anilines is 1. The third kappa shape index (κ3) is 5.65. The number of hydrogen-bond acceptors (Lipinski definition) is 5. The number of ether oxygens (including phenoxy) is 1. The average molecular weight is 447 g/mol. The van der Waals surface area contributed by atoms with Crippen molar-refractivity contribution in [3.8, 4) is 11.3 Å². The topological polar surface area (TPSA) is 69.0 Å². The third-order valence-corrected chi connectivity index (χ3v) is 4.76. The fourth-order valence-electron chi connectivity index (χ4n) is 3.22. The molecule has 30 heavy (non-hydrogen) atoms. The van der Waals surface area contributed by atoms with E-state index in [-0.39, 0.29) is 17.3 Å². The second-order valence-electron chi connectivity index (χ2n) is 7.43. The van der Waals surface area contributed by atoms with Gasteiger partial charge in [0.15, 0.2) is 5.69 Å². The van der Waals surface area contributed by atoms with E-state index in [9.17, 15) is 18.0 Å². The minimum Gasteiger partial charge on any atom is -0.461 e. The summed E-state index contributed by atoms with van der Waals surface area (Å²) >= 11 is 6.47. The van der Waals surface area contributed by atoms with Gasteiger partial charge < -0.3 is 10.1 Å². The quantitative estimate of drug-likeness (QED) is 0.542. The summed E-state index contributed by atoms with van der Waals surface area (Å²) in [7, 11) is 0. The van der Waals surface area contributed by atoms with Gasteiger partial charge >= 0.3 is 12.1 Å². The summed E-state index contributed by atoms with van der Waals surface area (Å²) in [4.78, 5) is 16.4. The van der Waals surface area contributed by atoms with Gasteiger partial charge in [-0.2, -0.15) is 18.3 Å². The number of aromatic nitrogens is 3. The standard InChI is InChI=1S/C20H26ClF3N4O2/c1-6-12-9-14(26-19(4,5)11-20(22,23)24)25-10-13(12)17-15(21)16(18(29)30-8-3)27-28(17)7-2/h9-10H,6-8,11H2,1-5H3,(H,25,26). The normalized spacial score (nSPS) is 12.2. The van der Waals surface area contributed by atoms with E-state index in [1.165, 1.54) is 20.0 Å². The minimum absolute atomic E-state index is 0.0194. The summed E-state index contributed by atoms with van der Waals surface area (Å²) in [5, 5.41) is 7.27. The van der Waals surface area contributed by atoms with Crippen LogP contribution in [0.3, 0.4) is 0 Å². The molecule has 2 heterocycles. The average Bonchev–Trinajstić information content (AvgIpc) is 2.95. The van der Waals surface area contributed by atoms with Crippen LogP contribution in [0, 0.1) is 0 Å². The molecule has 0 amide bonds. The summed E-state index contributed by atoms with van der Waals surface area (Å²) in [6.45, 7) is 9.05. The Morgan fingerprint density at radius 3 is 2.47 bits per heavy atom. The Hall–Kier alpha value is -2.29. The highest BCUT2D eigenvalue weighted by atomic mass is 35.5. The van der Waals surface area contributed by atoms with Gasteiger partial charge in [0, 0.05) is 23.8 Å². The number of nitrogens with one attached hydrogen (secondary N) is 1. The number of nitrogens with zero attached hydrogens (tertiary/aromatic N) is 3. The number of aryl methyl sites for hydroxylation is 2. The molecular weight excluding hydrogens is 421 g/mol. The Bertz CT molecular complexity index is 910. The van der Waals surface area contributed by atoms with Crippen molar-refractivity contribution in [1.82, 2.24) is 14.8 Å². The molecule has 2 aromatic heterocycles. The van der Waals surface area contributed by atoms with Crippen LogP contribution in [0.5, 0.6) is 0 Å². The molecule has 0 aliphatic carbocycles. The molecule has 2 rings (SSSR count). The monoisotopic (exact) mass is 446 g/mol. The van der Waals surface area contributed by atoms with Crippen molar-refractivity contribution in [2.45, 2.75) is 65.7 Å². The van der Waals surface area contributed by atoms with E-state index in [2.05, 4.69) is 15.4 Å². The fourth-order valence-corrected chi connectivity index (χ4v) is 3.53. The zero-order valence-corrected chi connectivity index (χ0v) is 18.4. The third-order valence-electron chi connectivity index (χ3n) is 4.40. The molecule has 1 N–H and O–H groups in total. The van der Waals surface area contributed by atoms with Crippen molar-refractivity contribution in [3.63, 3.8) is 0 Å². The Morgan fingerprint density at radius 1 is 1.27 bits per heavy atom. The molecule has 0 unspecified atom stereocenters. The molecule has 0 radical (unpaired) electrons. The van der Waals surface area contributed by atoms with E-state index < -0.39 is 24.1 Å². The molecule has 0 atom stereocenters. The molecule has 6 nitrogen and oxygen atoms in total. The molecule has 0 saturated heterocycles. The van der Waals surface area contributed by atoms with Crippen molar-refractivity contribution < 1.29 is 22.7 Å². The van der Waals surface area contributed by atoms with Gasteiger partial charge in [-0.05, 0) is 45.7 Å². The number of rotatable bonds is 8. The van der Waals surface area contributed by atoms with Gasteiger partial charge in [0.05, 0.1) is 18.7 Å². The lowest BCUT2D eigenvalue weighted by atomic mass is 9.99. The zero-order chi connectivity index (χ0) is 22.7. The highest BCUT2D eigenvalue weighted by molar-refractivity contribution is 6.35. The van der Waals surface area contributed by atoms with E-state index in [4.69, 9.17) is 16.3 Å². The van der Waals surface area contributed by atoms with Gasteiger partial charge in [-0.3, -0.25) is 4.68 Å². The number of alkyl halides is 3. The van der Waals surface area contributed by atoms with Crippen LogP contribution < -0.4 is 5.32 Å². The SMILES string of the molecule is CCOC(=O)c1nn(CC)c(-c2cnc(NC(C)(C)CC(F)(F)F)cc2CC)c1Cl. The second kappa shape index (κ2) is 9.24. The fraction of sp³-hybridized carbons (Fsp3) is 0.550. The molecule has 10 heteroatoms. The van der Waals surface area contributed by atoms with Crippen molar-refractivity contribution in [2.24, 2.45) is 0 Å². The summed E-state index contributed by atoms with van der Waals surface area (Å²) in [5.41, 5.74) is 0.782. The molecule has 0 aromatic carbocycles. The molecule has 166 valence electrons. The second-order valence-corrected chi connectivity index (χ2v) is 7.81. The molecule has 0 fully saturated rings. The van der Waals surface area contributed by atoms with Crippen LogP contribution in [0.1, 0.15) is 57.1 Å². The number of carbonyl (C=O) groups excluding carboxylic acids is 1. The summed E-state index contributed by atoms with van der Waals surface area (Å²) in [6, 6.07) is 1.70. The minimum atomic E-state index is -4.30. The molecule has 0 aliphatic heterocycles. The molecule has 2 aromatic rings. The maximum absolute atomic E-state index is 12.8. The van der Waals surface area contributed by atoms with Crippen LogP contribution in [-0.2, 0) is 17.7 Å². The molecule has 0 bridgehead atoms. The van der Waals surface area contributed by atoms with Crippen LogP contribution in [0.15, 0.2) is 12.3 Å². The molecule has 0 spiro atoms. The van der Waals surface area contributed by atoms with Gasteiger partial charge in [-0.15, -0.1) is 0 Å². The first-order chi connectivity index (χ1) is 13.9. The lowest BCUT2D eigenvalue weighted by Gasteiger charge is -2.28. The van der Waals surface area contributed by atoms with Crippen molar-refractivity contribution in [1.29, 1.82) is 0 Å². The van der Waals surface area contributed by atoms with E-state index in [1.807, 2.05) is 13.8 Å². The Labute approximate surface area is 178 Å². The Balaban J connectivity index is 2.46. The predicted octanol–water partition coefficient (Wildman–Crippen LogP) is 5.50. The van der Waals surface area contributed by atoms with Crippen LogP contribution in [0.25, 0.3) is 11.3 Å². The van der Waals surface area contributed by atoms with Crippen molar-refractivity contribution in [3.05, 3.63) is 28.5 Å². The summed E-state index contributed by atoms with van der Waals surface area (Å²) < 4.78 is 45.0. The first kappa shape index (κ1) is 24.0. The number of halogens is 4. The highest BCUT2D eigenvalue weighted by Crippen LogP contribution is 2.35. The smallest absolute Gasteiger partial charge is 0.391 e. The predicted molar refractivity (Wildman–Crippen MR) is 110 cm³/mol. The lowest BCUT2D eigenvalue weighted by molar-refractivity contribution is -0.142. The number of pyridine rings is 1. The van der Waals surface area contributed by atoms with Crippen LogP contribution >= 0.6 is 11.6 Å². The lowest BCUT2D eigenvalue weighted by Crippen LogP contribution is -2.36. The van der Waals surface area contributed by atoms with Gasteiger partial charge in [-0.25, -0.2) is 9.78 Å². The van der Waals surface area contributed by atoms with Gasteiger partial charge in [0.25, 0.3) is 0 Å². The molecular formula is C20H26ClF3N4O2.